The zero-order valence-electron chi connectivity index (χ0n) is 26.1. The number of carbonyl (C=O) groups is 2. The molecule has 0 aromatic heterocycles. The third-order valence-corrected chi connectivity index (χ3v) is 10.5. The monoisotopic (exact) mass is 630 g/mol. The van der Waals surface area contributed by atoms with Gasteiger partial charge in [0.15, 0.2) is 11.5 Å². The number of carbonyl (C=O) groups excluding carboxylic acids is 2. The lowest BCUT2D eigenvalue weighted by Gasteiger charge is -2.26. The summed E-state index contributed by atoms with van der Waals surface area (Å²) in [5.74, 6) is -0.820. The molecular weight excluding hydrogens is 586 g/mol. The number of halogens is 2. The highest BCUT2D eigenvalue weighted by Gasteiger charge is 2.53. The van der Waals surface area contributed by atoms with Crippen LogP contribution < -0.4 is 14.8 Å². The fourth-order valence-electron chi connectivity index (χ4n) is 7.37. The van der Waals surface area contributed by atoms with E-state index in [1.165, 1.54) is 6.07 Å². The molecule has 3 aliphatic rings. The largest absolute Gasteiger partial charge is 0.490 e. The van der Waals surface area contributed by atoms with Gasteiger partial charge in [0.1, 0.15) is 11.6 Å². The molecule has 7 nitrogen and oxygen atoms in total. The smallest absolute Gasteiger partial charge is 0.243 e. The molecule has 1 spiro atoms. The summed E-state index contributed by atoms with van der Waals surface area (Å²) in [6, 6.07) is 10.1. The molecule has 2 aromatic carbocycles. The van der Waals surface area contributed by atoms with Crippen LogP contribution in [-0.2, 0) is 31.4 Å². The second-order valence-electron chi connectivity index (χ2n) is 13.7. The summed E-state index contributed by atoms with van der Waals surface area (Å²) in [5, 5.41) is 3.34. The molecule has 0 radical (unpaired) electrons. The van der Waals surface area contributed by atoms with Gasteiger partial charge in [-0.15, -0.1) is 0 Å². The van der Waals surface area contributed by atoms with Gasteiger partial charge in [0, 0.05) is 30.5 Å². The summed E-state index contributed by atoms with van der Waals surface area (Å²) in [4.78, 5) is 26.1. The van der Waals surface area contributed by atoms with Crippen molar-refractivity contribution in [2.75, 3.05) is 12.8 Å². The minimum Gasteiger partial charge on any atom is -0.490 e. The summed E-state index contributed by atoms with van der Waals surface area (Å²) in [6.07, 6.45) is 7.66. The van der Waals surface area contributed by atoms with Crippen molar-refractivity contribution in [1.82, 2.24) is 10.0 Å². The van der Waals surface area contributed by atoms with Crippen molar-refractivity contribution in [2.45, 2.75) is 108 Å². The molecule has 2 aromatic rings. The number of amides is 1. The second-order valence-corrected chi connectivity index (χ2v) is 15.4. The van der Waals surface area contributed by atoms with E-state index < -0.39 is 27.0 Å². The van der Waals surface area contributed by atoms with Gasteiger partial charge in [0.25, 0.3) is 0 Å². The summed E-state index contributed by atoms with van der Waals surface area (Å²) in [6.45, 7) is 5.22. The van der Waals surface area contributed by atoms with Gasteiger partial charge >= 0.3 is 0 Å². The first-order chi connectivity index (χ1) is 20.6. The predicted octanol–water partition coefficient (Wildman–Crippen LogP) is 5.93. The molecule has 1 aliphatic heterocycles. The minimum atomic E-state index is -3.77. The average Bonchev–Trinajstić information content (AvgIpc) is 3.69. The predicted molar refractivity (Wildman–Crippen MR) is 166 cm³/mol. The number of hydrogen-bond acceptors (Lipinski definition) is 6. The van der Waals surface area contributed by atoms with Gasteiger partial charge in [-0.05, 0) is 93.2 Å². The van der Waals surface area contributed by atoms with E-state index in [1.807, 2.05) is 6.92 Å². The number of ether oxygens (including phenoxy) is 1. The molecule has 3 fully saturated rings. The highest BCUT2D eigenvalue weighted by atomic mass is 32.2. The summed E-state index contributed by atoms with van der Waals surface area (Å²) >= 11 is 0. The van der Waals surface area contributed by atoms with Gasteiger partial charge in [-0.2, -0.15) is 0 Å². The van der Waals surface area contributed by atoms with E-state index >= 15 is 4.39 Å². The van der Waals surface area contributed by atoms with Crippen molar-refractivity contribution in [3.05, 3.63) is 53.3 Å². The van der Waals surface area contributed by atoms with Crippen LogP contribution >= 0.6 is 0 Å². The zero-order chi connectivity index (χ0) is 31.9. The van der Waals surface area contributed by atoms with Crippen molar-refractivity contribution >= 4 is 21.7 Å². The van der Waals surface area contributed by atoms with Gasteiger partial charge < -0.3 is 10.1 Å². The lowest BCUT2D eigenvalue weighted by Crippen LogP contribution is -2.42. The number of ketones is 1. The van der Waals surface area contributed by atoms with E-state index in [0.29, 0.717) is 47.3 Å². The van der Waals surface area contributed by atoms with Gasteiger partial charge in [-0.1, -0.05) is 38.0 Å². The Labute approximate surface area is 259 Å². The number of nitrogens with one attached hydrogen (secondary N) is 2. The first kappa shape index (κ1) is 32.5. The molecule has 2 saturated carbocycles. The molecular formula is C34H44F2N2O5S. The van der Waals surface area contributed by atoms with E-state index in [0.717, 1.165) is 38.4 Å². The molecule has 5 rings (SSSR count). The quantitative estimate of drug-likeness (QED) is 0.338. The summed E-state index contributed by atoms with van der Waals surface area (Å²) in [7, 11) is -3.77. The van der Waals surface area contributed by atoms with E-state index in [4.69, 9.17) is 4.74 Å². The van der Waals surface area contributed by atoms with E-state index in [9.17, 15) is 22.4 Å². The van der Waals surface area contributed by atoms with Gasteiger partial charge in [0.05, 0.1) is 17.8 Å². The number of Topliss-reactive ketones (excluding diaryl/α,β-unsaturated/α-hetero) is 1. The molecule has 0 bridgehead atoms. The van der Waals surface area contributed by atoms with Crippen LogP contribution in [0.4, 0.5) is 8.78 Å². The number of hydrogen-bond donors (Lipinski definition) is 2. The number of alkyl halides is 1. The molecule has 1 amide bonds. The lowest BCUT2D eigenvalue weighted by atomic mass is 9.82. The lowest BCUT2D eigenvalue weighted by molar-refractivity contribution is -0.130. The van der Waals surface area contributed by atoms with Gasteiger partial charge in [-0.25, -0.2) is 17.2 Å². The third-order valence-electron chi connectivity index (χ3n) is 9.99. The Balaban J connectivity index is 1.36. The molecule has 44 heavy (non-hydrogen) atoms. The van der Waals surface area contributed by atoms with Crippen LogP contribution in [-0.4, -0.2) is 50.2 Å². The van der Waals surface area contributed by atoms with Crippen molar-refractivity contribution in [3.63, 3.8) is 0 Å². The first-order valence-corrected chi connectivity index (χ1v) is 17.6. The van der Waals surface area contributed by atoms with Crippen molar-refractivity contribution < 1.29 is 31.5 Å². The van der Waals surface area contributed by atoms with Crippen LogP contribution in [0, 0.1) is 11.7 Å². The van der Waals surface area contributed by atoms with Gasteiger partial charge in [0.2, 0.25) is 15.9 Å². The van der Waals surface area contributed by atoms with Crippen molar-refractivity contribution in [2.24, 2.45) is 5.92 Å². The highest BCUT2D eigenvalue weighted by molar-refractivity contribution is 7.89. The molecule has 10 heteroatoms. The Bertz CT molecular complexity index is 1540. The van der Waals surface area contributed by atoms with E-state index in [2.05, 4.69) is 10.0 Å². The fraction of sp³-hybridized carbons (Fsp3) is 0.588. The van der Waals surface area contributed by atoms with Crippen molar-refractivity contribution in [3.8, 4) is 16.9 Å². The number of sulfonamides is 1. The van der Waals surface area contributed by atoms with Crippen molar-refractivity contribution in [1.29, 1.82) is 0 Å². The Kier molecular flexibility index (Phi) is 8.99. The Hall–Kier alpha value is -2.85. The third kappa shape index (κ3) is 6.71. The molecule has 2 N–H and O–H groups in total. The number of benzene rings is 2. The maximum Gasteiger partial charge on any atom is 0.243 e. The van der Waals surface area contributed by atoms with Crippen LogP contribution in [0.15, 0.2) is 36.4 Å². The summed E-state index contributed by atoms with van der Waals surface area (Å²) < 4.78 is 62.8. The van der Waals surface area contributed by atoms with Crippen LogP contribution in [0.3, 0.4) is 0 Å². The Morgan fingerprint density at radius 3 is 2.52 bits per heavy atom. The topological polar surface area (TPSA) is 102 Å². The normalized spacial score (nSPS) is 25.0. The fourth-order valence-corrected chi connectivity index (χ4v) is 7.96. The van der Waals surface area contributed by atoms with E-state index in [1.54, 1.807) is 44.2 Å². The SMILES string of the molecule is CCc1c(F)cccc1-c1cc(C(C)(C)C(=O)NS(C)(=O)=O)ccc1O[C@@H]1CC[C@@H](CC(=O)[C@]2(F)CNC3(CCCC3)C2)C1. The standard InChI is InChI=1S/C34H44F2N2O5S/c1-5-25-26(9-8-10-28(25)35)27-19-23(32(2,3)31(40)38-44(4,41)42)12-14-29(27)43-24-13-11-22(17-24)18-30(39)34(36)20-33(37-21-34)15-6-7-16-33/h8-10,12,14,19,22,24,37H,5-7,11,13,15-18,20-21H2,1-4H3,(H,38,40)/t22-,24-,34-/m1/s1. The van der Waals surface area contributed by atoms with Gasteiger partial charge in [-0.3, -0.25) is 14.3 Å². The highest BCUT2D eigenvalue weighted by Crippen LogP contribution is 2.45. The van der Waals surface area contributed by atoms with Crippen LogP contribution in [0.5, 0.6) is 5.75 Å². The average molecular weight is 631 g/mol. The molecule has 1 saturated heterocycles. The Morgan fingerprint density at radius 2 is 1.84 bits per heavy atom. The molecule has 1 heterocycles. The molecule has 0 unspecified atom stereocenters. The van der Waals surface area contributed by atoms with E-state index in [-0.39, 0.29) is 48.5 Å². The van der Waals surface area contributed by atoms with Crippen LogP contribution in [0.25, 0.3) is 11.1 Å². The Morgan fingerprint density at radius 1 is 1.11 bits per heavy atom. The summed E-state index contributed by atoms with van der Waals surface area (Å²) in [5.41, 5.74) is -0.980. The second kappa shape index (κ2) is 12.2. The zero-order valence-corrected chi connectivity index (χ0v) is 26.9. The van der Waals surface area contributed by atoms with Crippen LogP contribution in [0.2, 0.25) is 0 Å². The number of rotatable bonds is 10. The minimum absolute atomic E-state index is 0.0157. The molecule has 240 valence electrons. The molecule has 3 atom stereocenters. The molecule has 2 aliphatic carbocycles. The van der Waals surface area contributed by atoms with Crippen LogP contribution in [0.1, 0.15) is 89.7 Å². The maximum absolute atomic E-state index is 15.8. The maximum atomic E-state index is 15.8. The first-order valence-electron chi connectivity index (χ1n) is 15.7.